The molecule has 0 bridgehead atoms. The molecule has 0 saturated carbocycles. The monoisotopic (exact) mass is 308 g/mol. The first-order valence-electron chi connectivity index (χ1n) is 6.47. The molecule has 0 atom stereocenters. The van der Waals surface area contributed by atoms with Gasteiger partial charge in [0.25, 0.3) is 0 Å². The van der Waals surface area contributed by atoms with E-state index in [0.717, 1.165) is 18.8 Å². The van der Waals surface area contributed by atoms with E-state index in [9.17, 15) is 4.79 Å². The average molecular weight is 309 g/mol. The van der Waals surface area contributed by atoms with E-state index in [4.69, 9.17) is 11.6 Å². The summed E-state index contributed by atoms with van der Waals surface area (Å²) in [5.74, 6) is -0.0225. The fourth-order valence-electron chi connectivity index (χ4n) is 1.87. The van der Waals surface area contributed by atoms with Gasteiger partial charge >= 0.3 is 0 Å². The van der Waals surface area contributed by atoms with Crippen molar-refractivity contribution in [3.05, 3.63) is 51.7 Å². The van der Waals surface area contributed by atoms with Gasteiger partial charge in [-0.1, -0.05) is 30.7 Å². The smallest absolute Gasteiger partial charge is 0.238 e. The van der Waals surface area contributed by atoms with Crippen molar-refractivity contribution in [1.82, 2.24) is 4.90 Å². The minimum absolute atomic E-state index is 0.0225. The number of nitrogens with zero attached hydrogens (tertiary/aromatic N) is 1. The molecular weight excluding hydrogens is 292 g/mol. The minimum atomic E-state index is -0.0225. The van der Waals surface area contributed by atoms with E-state index in [0.29, 0.717) is 11.6 Å². The summed E-state index contributed by atoms with van der Waals surface area (Å²) in [6, 6.07) is 11.3. The molecule has 0 aliphatic rings. The van der Waals surface area contributed by atoms with Crippen LogP contribution in [0, 0.1) is 0 Å². The Morgan fingerprint density at radius 2 is 2.20 bits per heavy atom. The molecular formula is C15H17ClN2OS. The van der Waals surface area contributed by atoms with Crippen LogP contribution in [0.5, 0.6) is 0 Å². The second-order valence-corrected chi connectivity index (χ2v) is 5.91. The Morgan fingerprint density at radius 3 is 2.85 bits per heavy atom. The van der Waals surface area contributed by atoms with Crippen molar-refractivity contribution in [3.63, 3.8) is 0 Å². The van der Waals surface area contributed by atoms with Gasteiger partial charge in [-0.25, -0.2) is 0 Å². The first kappa shape index (κ1) is 15.0. The van der Waals surface area contributed by atoms with E-state index < -0.39 is 0 Å². The first-order valence-corrected chi connectivity index (χ1v) is 7.73. The summed E-state index contributed by atoms with van der Waals surface area (Å²) < 4.78 is 0. The number of carbonyl (C=O) groups excluding carboxylic acids is 1. The van der Waals surface area contributed by atoms with Crippen LogP contribution in [0.3, 0.4) is 0 Å². The van der Waals surface area contributed by atoms with Crippen LogP contribution in [0.4, 0.5) is 5.69 Å². The fraction of sp³-hybridized carbons (Fsp3) is 0.267. The van der Waals surface area contributed by atoms with E-state index in [1.54, 1.807) is 23.5 Å². The fourth-order valence-corrected chi connectivity index (χ4v) is 2.81. The van der Waals surface area contributed by atoms with Crippen molar-refractivity contribution in [2.24, 2.45) is 0 Å². The van der Waals surface area contributed by atoms with Gasteiger partial charge < -0.3 is 5.32 Å². The molecule has 1 heterocycles. The number of likely N-dealkylation sites (N-methyl/N-ethyl adjacent to an activating group) is 1. The van der Waals surface area contributed by atoms with Gasteiger partial charge in [-0.05, 0) is 36.2 Å². The predicted octanol–water partition coefficient (Wildman–Crippen LogP) is 3.86. The topological polar surface area (TPSA) is 32.3 Å². The van der Waals surface area contributed by atoms with Gasteiger partial charge in [0.1, 0.15) is 0 Å². The Labute approximate surface area is 128 Å². The number of carbonyl (C=O) groups is 1. The van der Waals surface area contributed by atoms with E-state index in [2.05, 4.69) is 28.6 Å². The highest BCUT2D eigenvalue weighted by Crippen LogP contribution is 2.15. The summed E-state index contributed by atoms with van der Waals surface area (Å²) in [5, 5.41) is 5.54. The Balaban J connectivity index is 1.89. The number of halogens is 1. The van der Waals surface area contributed by atoms with Crippen LogP contribution in [0.15, 0.2) is 41.8 Å². The Morgan fingerprint density at radius 1 is 1.35 bits per heavy atom. The molecule has 0 fully saturated rings. The van der Waals surface area contributed by atoms with Crippen LogP contribution >= 0.6 is 22.9 Å². The second kappa shape index (κ2) is 7.43. The summed E-state index contributed by atoms with van der Waals surface area (Å²) in [6.07, 6.45) is 0. The van der Waals surface area contributed by atoms with E-state index in [-0.39, 0.29) is 5.91 Å². The van der Waals surface area contributed by atoms with Crippen LogP contribution in [-0.4, -0.2) is 23.9 Å². The van der Waals surface area contributed by atoms with Gasteiger partial charge in [0.15, 0.2) is 0 Å². The highest BCUT2D eigenvalue weighted by atomic mass is 35.5. The molecule has 2 aromatic rings. The molecule has 0 saturated heterocycles. The summed E-state index contributed by atoms with van der Waals surface area (Å²) in [5.41, 5.74) is 0.731. The molecule has 0 aliphatic carbocycles. The van der Waals surface area contributed by atoms with Gasteiger partial charge in [0.2, 0.25) is 5.91 Å². The SMILES string of the molecule is CCN(CC(=O)Nc1cccc(Cl)c1)Cc1cccs1. The van der Waals surface area contributed by atoms with Gasteiger partial charge in [-0.15, -0.1) is 11.3 Å². The summed E-state index contributed by atoms with van der Waals surface area (Å²) in [4.78, 5) is 15.4. The zero-order valence-electron chi connectivity index (χ0n) is 11.3. The lowest BCUT2D eigenvalue weighted by molar-refractivity contribution is -0.117. The Kier molecular flexibility index (Phi) is 5.59. The van der Waals surface area contributed by atoms with Crippen molar-refractivity contribution in [2.75, 3.05) is 18.4 Å². The molecule has 1 aromatic heterocycles. The third-order valence-corrected chi connectivity index (χ3v) is 3.98. The van der Waals surface area contributed by atoms with Gasteiger partial charge in [0, 0.05) is 22.1 Å². The molecule has 0 aliphatic heterocycles. The summed E-state index contributed by atoms with van der Waals surface area (Å²) >= 11 is 7.60. The quantitative estimate of drug-likeness (QED) is 0.879. The zero-order valence-corrected chi connectivity index (χ0v) is 12.9. The molecule has 5 heteroatoms. The zero-order chi connectivity index (χ0) is 14.4. The van der Waals surface area contributed by atoms with Crippen molar-refractivity contribution < 1.29 is 4.79 Å². The number of hydrogen-bond donors (Lipinski definition) is 1. The average Bonchev–Trinajstić information content (AvgIpc) is 2.90. The molecule has 1 N–H and O–H groups in total. The third-order valence-electron chi connectivity index (χ3n) is 2.88. The Bertz CT molecular complexity index is 557. The highest BCUT2D eigenvalue weighted by molar-refractivity contribution is 7.09. The van der Waals surface area contributed by atoms with E-state index in [1.165, 1.54) is 4.88 Å². The number of hydrogen-bond acceptors (Lipinski definition) is 3. The maximum Gasteiger partial charge on any atom is 0.238 e. The molecule has 20 heavy (non-hydrogen) atoms. The lowest BCUT2D eigenvalue weighted by Crippen LogP contribution is -2.32. The molecule has 2 rings (SSSR count). The van der Waals surface area contributed by atoms with Crippen LogP contribution in [0.1, 0.15) is 11.8 Å². The van der Waals surface area contributed by atoms with Crippen LogP contribution in [0.2, 0.25) is 5.02 Å². The number of anilines is 1. The van der Waals surface area contributed by atoms with E-state index >= 15 is 0 Å². The predicted molar refractivity (Wildman–Crippen MR) is 85.4 cm³/mol. The summed E-state index contributed by atoms with van der Waals surface area (Å²) in [6.45, 7) is 4.07. The van der Waals surface area contributed by atoms with Crippen molar-refractivity contribution in [3.8, 4) is 0 Å². The van der Waals surface area contributed by atoms with E-state index in [1.807, 2.05) is 18.2 Å². The summed E-state index contributed by atoms with van der Waals surface area (Å²) in [7, 11) is 0. The standard InChI is InChI=1S/C15H17ClN2OS/c1-2-18(10-14-7-4-8-20-14)11-15(19)17-13-6-3-5-12(16)9-13/h3-9H,2,10-11H2,1H3,(H,17,19). The van der Waals surface area contributed by atoms with Crippen molar-refractivity contribution in [2.45, 2.75) is 13.5 Å². The number of amides is 1. The number of thiophene rings is 1. The van der Waals surface area contributed by atoms with Crippen LogP contribution in [0.25, 0.3) is 0 Å². The molecule has 0 spiro atoms. The largest absolute Gasteiger partial charge is 0.325 e. The molecule has 1 aromatic carbocycles. The molecule has 106 valence electrons. The number of rotatable bonds is 6. The van der Waals surface area contributed by atoms with Gasteiger partial charge in [0.05, 0.1) is 6.54 Å². The van der Waals surface area contributed by atoms with Gasteiger partial charge in [-0.2, -0.15) is 0 Å². The molecule has 0 unspecified atom stereocenters. The third kappa shape index (κ3) is 4.63. The number of benzene rings is 1. The molecule has 1 amide bonds. The van der Waals surface area contributed by atoms with Crippen LogP contribution in [-0.2, 0) is 11.3 Å². The van der Waals surface area contributed by atoms with Crippen molar-refractivity contribution >= 4 is 34.5 Å². The van der Waals surface area contributed by atoms with Crippen molar-refractivity contribution in [1.29, 1.82) is 0 Å². The van der Waals surface area contributed by atoms with Crippen LogP contribution < -0.4 is 5.32 Å². The maximum absolute atomic E-state index is 12.0. The number of nitrogens with one attached hydrogen (secondary N) is 1. The second-order valence-electron chi connectivity index (χ2n) is 4.44. The normalized spacial score (nSPS) is 10.8. The first-order chi connectivity index (χ1) is 9.67. The molecule has 0 radical (unpaired) electrons. The Hall–Kier alpha value is -1.36. The lowest BCUT2D eigenvalue weighted by Gasteiger charge is -2.19. The van der Waals surface area contributed by atoms with Gasteiger partial charge in [-0.3, -0.25) is 9.69 Å². The maximum atomic E-state index is 12.0. The lowest BCUT2D eigenvalue weighted by atomic mass is 10.3. The minimum Gasteiger partial charge on any atom is -0.325 e. The highest BCUT2D eigenvalue weighted by Gasteiger charge is 2.10. The molecule has 3 nitrogen and oxygen atoms in total.